The number of nitrogen functional groups attached to an aromatic ring is 1. The molecule has 0 aliphatic carbocycles. The standard InChI is InChI=1S/C8H7F3N2O2/c9-8(10,11)5-2-13-3-6(12)4(5)1-7(14)15/h2-3H,1,12H2,(H,14,15). The van der Waals surface area contributed by atoms with Gasteiger partial charge in [-0.2, -0.15) is 13.2 Å². The Balaban J connectivity index is 3.26. The van der Waals surface area contributed by atoms with Crippen molar-refractivity contribution in [3.05, 3.63) is 23.5 Å². The zero-order valence-electron chi connectivity index (χ0n) is 7.38. The maximum Gasteiger partial charge on any atom is 0.418 e. The highest BCUT2D eigenvalue weighted by Crippen LogP contribution is 2.33. The molecule has 1 heterocycles. The summed E-state index contributed by atoms with van der Waals surface area (Å²) in [4.78, 5) is 13.6. The number of nitrogens with two attached hydrogens (primary N) is 1. The second-order valence-corrected chi connectivity index (χ2v) is 2.82. The van der Waals surface area contributed by atoms with Crippen LogP contribution < -0.4 is 5.73 Å². The molecule has 0 bridgehead atoms. The van der Waals surface area contributed by atoms with Gasteiger partial charge in [0.25, 0.3) is 0 Å². The zero-order valence-corrected chi connectivity index (χ0v) is 7.38. The molecule has 15 heavy (non-hydrogen) atoms. The van der Waals surface area contributed by atoms with Crippen LogP contribution in [0.5, 0.6) is 0 Å². The molecule has 1 aromatic rings. The van der Waals surface area contributed by atoms with Crippen molar-refractivity contribution in [1.29, 1.82) is 0 Å². The molecule has 82 valence electrons. The Morgan fingerprint density at radius 2 is 2.07 bits per heavy atom. The highest BCUT2D eigenvalue weighted by molar-refractivity contribution is 5.73. The van der Waals surface area contributed by atoms with Gasteiger partial charge >= 0.3 is 12.1 Å². The normalized spacial score (nSPS) is 11.4. The second kappa shape index (κ2) is 3.76. The van der Waals surface area contributed by atoms with Gasteiger partial charge in [0.2, 0.25) is 0 Å². The fourth-order valence-corrected chi connectivity index (χ4v) is 1.10. The number of alkyl halides is 3. The molecule has 0 saturated heterocycles. The second-order valence-electron chi connectivity index (χ2n) is 2.82. The number of anilines is 1. The van der Waals surface area contributed by atoms with E-state index in [9.17, 15) is 18.0 Å². The largest absolute Gasteiger partial charge is 0.481 e. The van der Waals surface area contributed by atoms with Crippen LogP contribution in [0.25, 0.3) is 0 Å². The van der Waals surface area contributed by atoms with Crippen molar-refractivity contribution in [2.24, 2.45) is 0 Å². The summed E-state index contributed by atoms with van der Waals surface area (Å²) in [5.74, 6) is -1.38. The topological polar surface area (TPSA) is 76.2 Å². The van der Waals surface area contributed by atoms with Gasteiger partial charge in [-0.3, -0.25) is 9.78 Å². The number of halogens is 3. The van der Waals surface area contributed by atoms with Crippen LogP contribution in [0.15, 0.2) is 12.4 Å². The Kier molecular flexibility index (Phi) is 2.83. The van der Waals surface area contributed by atoms with Crippen LogP contribution in [0.3, 0.4) is 0 Å². The average molecular weight is 220 g/mol. The van der Waals surface area contributed by atoms with E-state index in [1.807, 2.05) is 0 Å². The number of nitrogens with zero attached hydrogens (tertiary/aromatic N) is 1. The van der Waals surface area contributed by atoms with Crippen molar-refractivity contribution in [3.8, 4) is 0 Å². The van der Waals surface area contributed by atoms with E-state index in [4.69, 9.17) is 10.8 Å². The van der Waals surface area contributed by atoms with E-state index in [1.54, 1.807) is 0 Å². The SMILES string of the molecule is Nc1cncc(C(F)(F)F)c1CC(=O)O. The molecular formula is C8H7F3N2O2. The van der Waals surface area contributed by atoms with E-state index in [0.29, 0.717) is 6.20 Å². The fraction of sp³-hybridized carbons (Fsp3) is 0.250. The van der Waals surface area contributed by atoms with E-state index in [2.05, 4.69) is 4.98 Å². The summed E-state index contributed by atoms with van der Waals surface area (Å²) >= 11 is 0. The lowest BCUT2D eigenvalue weighted by molar-refractivity contribution is -0.139. The molecule has 0 amide bonds. The Morgan fingerprint density at radius 3 is 2.53 bits per heavy atom. The Morgan fingerprint density at radius 1 is 1.47 bits per heavy atom. The third kappa shape index (κ3) is 2.58. The van der Waals surface area contributed by atoms with Crippen LogP contribution in [-0.2, 0) is 17.4 Å². The van der Waals surface area contributed by atoms with Gasteiger partial charge in [0.15, 0.2) is 0 Å². The number of hydrogen-bond acceptors (Lipinski definition) is 3. The first kappa shape index (κ1) is 11.3. The molecule has 0 saturated carbocycles. The van der Waals surface area contributed by atoms with Gasteiger partial charge in [0.05, 0.1) is 23.9 Å². The Labute approximate surface area is 82.5 Å². The molecule has 0 aliphatic heterocycles. The van der Waals surface area contributed by atoms with E-state index >= 15 is 0 Å². The first-order valence-corrected chi connectivity index (χ1v) is 3.83. The number of hydrogen-bond donors (Lipinski definition) is 2. The van der Waals surface area contributed by atoms with Gasteiger partial charge in [-0.1, -0.05) is 0 Å². The molecule has 0 fully saturated rings. The molecule has 1 rings (SSSR count). The highest BCUT2D eigenvalue weighted by atomic mass is 19.4. The van der Waals surface area contributed by atoms with Crippen molar-refractivity contribution < 1.29 is 23.1 Å². The zero-order chi connectivity index (χ0) is 11.6. The molecule has 0 aromatic carbocycles. The Bertz CT molecular complexity index is 390. The summed E-state index contributed by atoms with van der Waals surface area (Å²) in [6, 6.07) is 0. The minimum absolute atomic E-state index is 0.271. The average Bonchev–Trinajstić information content (AvgIpc) is 2.05. The number of carboxylic acid groups (broad SMARTS) is 1. The van der Waals surface area contributed by atoms with Crippen LogP contribution in [0.2, 0.25) is 0 Å². The summed E-state index contributed by atoms with van der Waals surface area (Å²) in [5, 5.41) is 8.44. The molecule has 0 atom stereocenters. The van der Waals surface area contributed by atoms with Crippen molar-refractivity contribution in [2.75, 3.05) is 5.73 Å². The van der Waals surface area contributed by atoms with Crippen LogP contribution in [0, 0.1) is 0 Å². The summed E-state index contributed by atoms with van der Waals surface area (Å²) in [6.45, 7) is 0. The molecule has 7 heteroatoms. The van der Waals surface area contributed by atoms with Crippen LogP contribution in [-0.4, -0.2) is 16.1 Å². The molecule has 3 N–H and O–H groups in total. The highest BCUT2D eigenvalue weighted by Gasteiger charge is 2.35. The number of aliphatic carboxylic acids is 1. The molecule has 0 radical (unpaired) electrons. The summed E-state index contributed by atoms with van der Waals surface area (Å²) in [6.07, 6.45) is -3.86. The molecule has 0 unspecified atom stereocenters. The lowest BCUT2D eigenvalue weighted by Gasteiger charge is -2.12. The van der Waals surface area contributed by atoms with Crippen LogP contribution >= 0.6 is 0 Å². The molecule has 4 nitrogen and oxygen atoms in total. The fourth-order valence-electron chi connectivity index (χ4n) is 1.10. The summed E-state index contributed by atoms with van der Waals surface area (Å²) < 4.78 is 37.2. The van der Waals surface area contributed by atoms with Crippen molar-refractivity contribution >= 4 is 11.7 Å². The quantitative estimate of drug-likeness (QED) is 0.787. The lowest BCUT2D eigenvalue weighted by atomic mass is 10.1. The molecule has 1 aromatic heterocycles. The van der Waals surface area contributed by atoms with Gasteiger partial charge in [0.1, 0.15) is 0 Å². The maximum atomic E-state index is 12.4. The summed E-state index contributed by atoms with van der Waals surface area (Å²) in [5.41, 5.74) is 3.41. The maximum absolute atomic E-state index is 12.4. The molecule has 0 spiro atoms. The van der Waals surface area contributed by atoms with Crippen LogP contribution in [0.1, 0.15) is 11.1 Å². The predicted molar refractivity (Wildman–Crippen MR) is 45.0 cm³/mol. The van der Waals surface area contributed by atoms with Gasteiger partial charge in [-0.15, -0.1) is 0 Å². The van der Waals surface area contributed by atoms with Gasteiger partial charge in [-0.05, 0) is 0 Å². The Hall–Kier alpha value is -1.79. The minimum Gasteiger partial charge on any atom is -0.481 e. The van der Waals surface area contributed by atoms with Gasteiger partial charge < -0.3 is 10.8 Å². The van der Waals surface area contributed by atoms with E-state index < -0.39 is 29.7 Å². The van der Waals surface area contributed by atoms with Crippen LogP contribution in [0.4, 0.5) is 18.9 Å². The first-order valence-electron chi connectivity index (χ1n) is 3.83. The van der Waals surface area contributed by atoms with E-state index in [-0.39, 0.29) is 5.69 Å². The van der Waals surface area contributed by atoms with Crippen molar-refractivity contribution in [3.63, 3.8) is 0 Å². The smallest absolute Gasteiger partial charge is 0.418 e. The first-order chi connectivity index (χ1) is 6.82. The number of aromatic nitrogens is 1. The number of carboxylic acids is 1. The molecular weight excluding hydrogens is 213 g/mol. The lowest BCUT2D eigenvalue weighted by Crippen LogP contribution is -2.14. The third-order valence-electron chi connectivity index (χ3n) is 1.72. The summed E-state index contributed by atoms with van der Waals surface area (Å²) in [7, 11) is 0. The molecule has 0 aliphatic rings. The minimum atomic E-state index is -4.65. The number of carbonyl (C=O) groups is 1. The van der Waals surface area contributed by atoms with Crippen molar-refractivity contribution in [1.82, 2.24) is 4.98 Å². The third-order valence-corrected chi connectivity index (χ3v) is 1.72. The van der Waals surface area contributed by atoms with E-state index in [0.717, 1.165) is 6.20 Å². The monoisotopic (exact) mass is 220 g/mol. The predicted octanol–water partition coefficient (Wildman–Crippen LogP) is 1.31. The number of pyridine rings is 1. The number of rotatable bonds is 2. The van der Waals surface area contributed by atoms with Gasteiger partial charge in [-0.25, -0.2) is 0 Å². The van der Waals surface area contributed by atoms with Gasteiger partial charge in [0, 0.05) is 11.8 Å². The van der Waals surface area contributed by atoms with E-state index in [1.165, 1.54) is 0 Å². The van der Waals surface area contributed by atoms with Crippen molar-refractivity contribution in [2.45, 2.75) is 12.6 Å².